The Labute approximate surface area is 127 Å². The highest BCUT2D eigenvalue weighted by Gasteiger charge is 2.21. The topological polar surface area (TPSA) is 61.0 Å². The summed E-state index contributed by atoms with van der Waals surface area (Å²) in [4.78, 5) is 7.80. The number of aromatic nitrogens is 2. The van der Waals surface area contributed by atoms with Crippen molar-refractivity contribution in [3.8, 4) is 5.88 Å². The van der Waals surface area contributed by atoms with E-state index in [1.165, 1.54) is 13.1 Å². The molecule has 1 unspecified atom stereocenters. The fraction of sp³-hybridized carbons (Fsp3) is 0.167. The Kier molecular flexibility index (Phi) is 4.39. The van der Waals surface area contributed by atoms with Crippen LogP contribution in [0.1, 0.15) is 18.6 Å². The van der Waals surface area contributed by atoms with Crippen molar-refractivity contribution in [3.05, 3.63) is 45.2 Å². The zero-order chi connectivity index (χ0) is 14.9. The lowest BCUT2D eigenvalue weighted by Gasteiger charge is -2.17. The van der Waals surface area contributed by atoms with E-state index in [1.54, 1.807) is 0 Å². The lowest BCUT2D eigenvalue weighted by molar-refractivity contribution is 0.212. The number of benzene rings is 1. The number of hydrogen-bond donors (Lipinski definition) is 1. The van der Waals surface area contributed by atoms with Crippen molar-refractivity contribution in [1.29, 1.82) is 0 Å². The molecule has 0 aliphatic heterocycles. The first-order chi connectivity index (χ1) is 9.40. The van der Waals surface area contributed by atoms with Gasteiger partial charge in [-0.2, -0.15) is 0 Å². The number of halogens is 4. The molecule has 0 fully saturated rings. The first kappa shape index (κ1) is 14.9. The van der Waals surface area contributed by atoms with Crippen LogP contribution >= 0.6 is 27.5 Å². The number of ether oxygens (including phenoxy) is 1. The van der Waals surface area contributed by atoms with Gasteiger partial charge >= 0.3 is 0 Å². The molecule has 0 spiro atoms. The molecular weight excluding hydrogens is 356 g/mol. The van der Waals surface area contributed by atoms with Gasteiger partial charge in [0.2, 0.25) is 0 Å². The normalized spacial score (nSPS) is 12.2. The maximum atomic E-state index is 13.8. The van der Waals surface area contributed by atoms with Gasteiger partial charge in [-0.05, 0) is 35.0 Å². The molecule has 1 atom stereocenters. The van der Waals surface area contributed by atoms with Crippen LogP contribution in [-0.4, -0.2) is 9.97 Å². The molecule has 1 aromatic carbocycles. The smallest absolute Gasteiger partial charge is 0.258 e. The number of nitrogen functional groups attached to an aromatic ring is 1. The Morgan fingerprint density at radius 2 is 2.00 bits per heavy atom. The van der Waals surface area contributed by atoms with Gasteiger partial charge in [0.15, 0.2) is 5.82 Å². The Bertz CT molecular complexity index is 657. The standard InChI is InChI=1S/C12H9BrClF2N3O/c1-5(9-6(15)2-3-7(16)10(9)14)20-12-11(17)18-4-8(13)19-12/h2-5H,1H3,(H2,17,18). The highest BCUT2D eigenvalue weighted by atomic mass is 79.9. The maximum absolute atomic E-state index is 13.8. The van der Waals surface area contributed by atoms with Gasteiger partial charge in [0.25, 0.3) is 5.88 Å². The van der Waals surface area contributed by atoms with Crippen LogP contribution in [0.25, 0.3) is 0 Å². The second kappa shape index (κ2) is 5.88. The third-order valence-corrected chi connectivity index (χ3v) is 3.28. The fourth-order valence-electron chi connectivity index (χ4n) is 1.59. The Balaban J connectivity index is 2.35. The average molecular weight is 365 g/mol. The van der Waals surface area contributed by atoms with Crippen LogP contribution in [0.3, 0.4) is 0 Å². The van der Waals surface area contributed by atoms with Gasteiger partial charge in [0.05, 0.1) is 11.2 Å². The van der Waals surface area contributed by atoms with Gasteiger partial charge in [-0.25, -0.2) is 18.7 Å². The van der Waals surface area contributed by atoms with E-state index < -0.39 is 17.7 Å². The van der Waals surface area contributed by atoms with Crippen LogP contribution in [0.15, 0.2) is 22.9 Å². The molecule has 0 aliphatic carbocycles. The molecule has 20 heavy (non-hydrogen) atoms. The first-order valence-corrected chi connectivity index (χ1v) is 6.65. The van der Waals surface area contributed by atoms with Crippen LogP contribution in [0, 0.1) is 11.6 Å². The second-order valence-corrected chi connectivity index (χ2v) is 5.09. The molecule has 0 saturated heterocycles. The summed E-state index contributed by atoms with van der Waals surface area (Å²) in [7, 11) is 0. The predicted molar refractivity (Wildman–Crippen MR) is 74.6 cm³/mol. The Morgan fingerprint density at radius 1 is 1.35 bits per heavy atom. The molecule has 8 heteroatoms. The van der Waals surface area contributed by atoms with Crippen molar-refractivity contribution in [2.24, 2.45) is 0 Å². The lowest BCUT2D eigenvalue weighted by atomic mass is 10.1. The third kappa shape index (κ3) is 2.99. The number of anilines is 1. The molecule has 4 nitrogen and oxygen atoms in total. The molecule has 0 bridgehead atoms. The quantitative estimate of drug-likeness (QED) is 0.839. The molecule has 0 amide bonds. The summed E-state index contributed by atoms with van der Waals surface area (Å²) < 4.78 is 33.0. The van der Waals surface area contributed by atoms with E-state index in [0.29, 0.717) is 4.60 Å². The van der Waals surface area contributed by atoms with E-state index in [-0.39, 0.29) is 22.3 Å². The molecule has 1 aromatic heterocycles. The predicted octanol–water partition coefficient (Wildman–Crippen LogP) is 3.89. The minimum Gasteiger partial charge on any atom is -0.467 e. The Morgan fingerprint density at radius 3 is 2.70 bits per heavy atom. The van der Waals surface area contributed by atoms with Gasteiger partial charge in [-0.1, -0.05) is 11.6 Å². The van der Waals surface area contributed by atoms with Gasteiger partial charge in [0, 0.05) is 5.56 Å². The summed E-state index contributed by atoms with van der Waals surface area (Å²) in [6.45, 7) is 1.51. The number of nitrogens with two attached hydrogens (primary N) is 1. The largest absolute Gasteiger partial charge is 0.467 e. The third-order valence-electron chi connectivity index (χ3n) is 2.51. The highest BCUT2D eigenvalue weighted by molar-refractivity contribution is 9.10. The van der Waals surface area contributed by atoms with Crippen LogP contribution in [-0.2, 0) is 0 Å². The number of rotatable bonds is 3. The summed E-state index contributed by atoms with van der Waals surface area (Å²) in [6, 6.07) is 1.92. The molecule has 0 radical (unpaired) electrons. The van der Waals surface area contributed by atoms with Crippen molar-refractivity contribution in [1.82, 2.24) is 9.97 Å². The maximum Gasteiger partial charge on any atom is 0.258 e. The van der Waals surface area contributed by atoms with E-state index in [2.05, 4.69) is 25.9 Å². The molecule has 2 aromatic rings. The van der Waals surface area contributed by atoms with E-state index in [1.807, 2.05) is 0 Å². The molecular formula is C12H9BrClF2N3O. The lowest BCUT2D eigenvalue weighted by Crippen LogP contribution is -2.10. The van der Waals surface area contributed by atoms with Crippen molar-refractivity contribution in [2.45, 2.75) is 13.0 Å². The van der Waals surface area contributed by atoms with Gasteiger partial charge < -0.3 is 10.5 Å². The van der Waals surface area contributed by atoms with Gasteiger partial charge in [-0.15, -0.1) is 0 Å². The van der Waals surface area contributed by atoms with Crippen molar-refractivity contribution in [2.75, 3.05) is 5.73 Å². The zero-order valence-electron chi connectivity index (χ0n) is 10.2. The van der Waals surface area contributed by atoms with Crippen LogP contribution in [0.2, 0.25) is 5.02 Å². The average Bonchev–Trinajstić information content (AvgIpc) is 2.39. The van der Waals surface area contributed by atoms with E-state index >= 15 is 0 Å². The van der Waals surface area contributed by atoms with E-state index in [9.17, 15) is 8.78 Å². The van der Waals surface area contributed by atoms with Crippen LogP contribution < -0.4 is 10.5 Å². The molecule has 2 rings (SSSR count). The van der Waals surface area contributed by atoms with Crippen LogP contribution in [0.5, 0.6) is 5.88 Å². The summed E-state index contributed by atoms with van der Waals surface area (Å²) in [5, 5.41) is -0.334. The van der Waals surface area contributed by atoms with E-state index in [0.717, 1.165) is 12.1 Å². The van der Waals surface area contributed by atoms with E-state index in [4.69, 9.17) is 22.1 Å². The highest BCUT2D eigenvalue weighted by Crippen LogP contribution is 2.32. The minimum absolute atomic E-state index is 0.00611. The molecule has 0 saturated carbocycles. The minimum atomic E-state index is -0.885. The number of nitrogens with zero attached hydrogens (tertiary/aromatic N) is 2. The zero-order valence-corrected chi connectivity index (χ0v) is 12.5. The molecule has 1 heterocycles. The fourth-order valence-corrected chi connectivity index (χ4v) is 2.16. The van der Waals surface area contributed by atoms with Crippen LogP contribution in [0.4, 0.5) is 14.6 Å². The monoisotopic (exact) mass is 363 g/mol. The van der Waals surface area contributed by atoms with Crippen molar-refractivity contribution >= 4 is 33.3 Å². The SMILES string of the molecule is CC(Oc1nc(Br)cnc1N)c1c(F)ccc(F)c1Cl. The Hall–Kier alpha value is -1.47. The molecule has 0 aliphatic rings. The summed E-state index contributed by atoms with van der Waals surface area (Å²) in [6.07, 6.45) is 0.506. The van der Waals surface area contributed by atoms with Gasteiger partial charge in [-0.3, -0.25) is 0 Å². The summed E-state index contributed by atoms with van der Waals surface area (Å²) in [5.74, 6) is -1.36. The van der Waals surface area contributed by atoms with Crippen molar-refractivity contribution in [3.63, 3.8) is 0 Å². The first-order valence-electron chi connectivity index (χ1n) is 5.48. The molecule has 106 valence electrons. The number of hydrogen-bond acceptors (Lipinski definition) is 4. The summed E-state index contributed by atoms with van der Waals surface area (Å²) in [5.41, 5.74) is 5.50. The summed E-state index contributed by atoms with van der Waals surface area (Å²) >= 11 is 8.87. The van der Waals surface area contributed by atoms with Crippen molar-refractivity contribution < 1.29 is 13.5 Å². The molecule has 2 N–H and O–H groups in total. The second-order valence-electron chi connectivity index (χ2n) is 3.90. The van der Waals surface area contributed by atoms with Gasteiger partial charge in [0.1, 0.15) is 22.3 Å².